The Labute approximate surface area is 186 Å². The van der Waals surface area contributed by atoms with E-state index in [1.54, 1.807) is 18.3 Å². The number of nitrogens with zero attached hydrogens (tertiary/aromatic N) is 4. The van der Waals surface area contributed by atoms with E-state index in [9.17, 15) is 9.18 Å². The third-order valence-electron chi connectivity index (χ3n) is 6.46. The summed E-state index contributed by atoms with van der Waals surface area (Å²) in [7, 11) is 0. The van der Waals surface area contributed by atoms with E-state index in [1.165, 1.54) is 6.07 Å². The SMILES string of the molecule is CC1CC(Cn2cnc3cc(-c4cn[nH]c4)ccc32)CN1C(=O)CCc1ccccc1F. The molecule has 1 aliphatic heterocycles. The van der Waals surface area contributed by atoms with Gasteiger partial charge in [0.2, 0.25) is 5.91 Å². The molecule has 6 nitrogen and oxygen atoms in total. The van der Waals surface area contributed by atoms with Gasteiger partial charge in [-0.15, -0.1) is 0 Å². The molecule has 0 aliphatic carbocycles. The van der Waals surface area contributed by atoms with Crippen molar-refractivity contribution in [3.8, 4) is 11.1 Å². The first-order chi connectivity index (χ1) is 15.6. The van der Waals surface area contributed by atoms with Gasteiger partial charge in [-0.2, -0.15) is 5.10 Å². The molecule has 0 radical (unpaired) electrons. The number of fused-ring (bicyclic) bond motifs is 1. The van der Waals surface area contributed by atoms with Crippen molar-refractivity contribution in [1.82, 2.24) is 24.6 Å². The Bertz CT molecular complexity index is 1230. The van der Waals surface area contributed by atoms with E-state index < -0.39 is 0 Å². The van der Waals surface area contributed by atoms with E-state index >= 15 is 0 Å². The highest BCUT2D eigenvalue weighted by atomic mass is 19.1. The number of aromatic amines is 1. The van der Waals surface area contributed by atoms with Gasteiger partial charge in [-0.3, -0.25) is 9.89 Å². The number of benzene rings is 2. The van der Waals surface area contributed by atoms with E-state index in [0.717, 1.165) is 41.7 Å². The van der Waals surface area contributed by atoms with Crippen LogP contribution in [0.3, 0.4) is 0 Å². The van der Waals surface area contributed by atoms with Crippen molar-refractivity contribution in [2.45, 2.75) is 38.8 Å². The molecule has 1 N–H and O–H groups in total. The Morgan fingerprint density at radius 2 is 2.09 bits per heavy atom. The minimum Gasteiger partial charge on any atom is -0.340 e. The van der Waals surface area contributed by atoms with Crippen LogP contribution in [-0.4, -0.2) is 43.1 Å². The van der Waals surface area contributed by atoms with Crippen LogP contribution in [-0.2, 0) is 17.8 Å². The molecule has 0 bridgehead atoms. The number of hydrogen-bond acceptors (Lipinski definition) is 3. The lowest BCUT2D eigenvalue weighted by atomic mass is 10.1. The Morgan fingerprint density at radius 1 is 1.22 bits per heavy atom. The van der Waals surface area contributed by atoms with E-state index in [4.69, 9.17) is 0 Å². The maximum absolute atomic E-state index is 13.9. The maximum atomic E-state index is 13.9. The number of aromatic nitrogens is 4. The standard InChI is InChI=1S/C25H26FN5O/c1-17-10-18(15-31(17)25(32)9-7-19-4-2-3-5-22(19)26)14-30-16-27-23-11-20(6-8-24(23)30)21-12-28-29-13-21/h2-6,8,11-13,16-18H,7,9-10,14-15H2,1H3,(H,28,29). The van der Waals surface area contributed by atoms with Crippen LogP contribution < -0.4 is 0 Å². The van der Waals surface area contributed by atoms with E-state index in [-0.39, 0.29) is 17.8 Å². The van der Waals surface area contributed by atoms with Crippen LogP contribution in [0.2, 0.25) is 0 Å². The smallest absolute Gasteiger partial charge is 0.223 e. The number of H-pyrrole nitrogens is 1. The number of nitrogens with one attached hydrogen (secondary N) is 1. The number of carbonyl (C=O) groups excluding carboxylic acids is 1. The molecule has 2 unspecified atom stereocenters. The third-order valence-corrected chi connectivity index (χ3v) is 6.46. The first-order valence-corrected chi connectivity index (χ1v) is 11.1. The van der Waals surface area contributed by atoms with Crippen molar-refractivity contribution in [3.63, 3.8) is 0 Å². The molecule has 0 spiro atoms. The summed E-state index contributed by atoms with van der Waals surface area (Å²) in [5.74, 6) is 0.229. The largest absolute Gasteiger partial charge is 0.340 e. The fourth-order valence-electron chi connectivity index (χ4n) is 4.78. The molecule has 32 heavy (non-hydrogen) atoms. The molecular weight excluding hydrogens is 405 g/mol. The van der Waals surface area contributed by atoms with Gasteiger partial charge in [-0.05, 0) is 55.0 Å². The average molecular weight is 432 g/mol. The third kappa shape index (κ3) is 4.02. The quantitative estimate of drug-likeness (QED) is 0.491. The van der Waals surface area contributed by atoms with Gasteiger partial charge in [0.05, 0.1) is 23.6 Å². The molecule has 1 saturated heterocycles. The molecule has 7 heteroatoms. The summed E-state index contributed by atoms with van der Waals surface area (Å²) in [6, 6.07) is 13.1. The number of aryl methyl sites for hydroxylation is 1. The van der Waals surface area contributed by atoms with E-state index in [1.807, 2.05) is 23.5 Å². The topological polar surface area (TPSA) is 66.8 Å². The van der Waals surface area contributed by atoms with Gasteiger partial charge in [0, 0.05) is 37.3 Å². The van der Waals surface area contributed by atoms with E-state index in [2.05, 4.69) is 44.9 Å². The van der Waals surface area contributed by atoms with Crippen molar-refractivity contribution in [3.05, 3.63) is 72.6 Å². The summed E-state index contributed by atoms with van der Waals surface area (Å²) < 4.78 is 16.0. The highest BCUT2D eigenvalue weighted by Gasteiger charge is 2.32. The van der Waals surface area contributed by atoms with Crippen molar-refractivity contribution in [2.24, 2.45) is 5.92 Å². The van der Waals surface area contributed by atoms with Crippen LogP contribution in [0.4, 0.5) is 4.39 Å². The first kappa shape index (κ1) is 20.4. The number of carbonyl (C=O) groups is 1. The van der Waals surface area contributed by atoms with Crippen LogP contribution in [0.1, 0.15) is 25.3 Å². The summed E-state index contributed by atoms with van der Waals surface area (Å²) in [5.41, 5.74) is 4.76. The van der Waals surface area contributed by atoms with Gasteiger partial charge in [-0.1, -0.05) is 24.3 Å². The maximum Gasteiger partial charge on any atom is 0.223 e. The number of rotatable bonds is 6. The van der Waals surface area contributed by atoms with E-state index in [0.29, 0.717) is 24.3 Å². The van der Waals surface area contributed by atoms with Crippen molar-refractivity contribution in [2.75, 3.05) is 6.54 Å². The number of imidazole rings is 1. The van der Waals surface area contributed by atoms with Crippen LogP contribution in [0.15, 0.2) is 61.2 Å². The number of halogens is 1. The van der Waals surface area contributed by atoms with Crippen molar-refractivity contribution in [1.29, 1.82) is 0 Å². The van der Waals surface area contributed by atoms with Crippen molar-refractivity contribution < 1.29 is 9.18 Å². The summed E-state index contributed by atoms with van der Waals surface area (Å²) in [4.78, 5) is 19.4. The minimum absolute atomic E-state index is 0.100. The molecular formula is C25H26FN5O. The monoisotopic (exact) mass is 431 g/mol. The molecule has 2 aromatic carbocycles. The predicted molar refractivity (Wildman–Crippen MR) is 121 cm³/mol. The highest BCUT2D eigenvalue weighted by Crippen LogP contribution is 2.28. The summed E-state index contributed by atoms with van der Waals surface area (Å²) >= 11 is 0. The van der Waals surface area contributed by atoms with Crippen LogP contribution in [0.5, 0.6) is 0 Å². The lowest BCUT2D eigenvalue weighted by molar-refractivity contribution is -0.131. The number of hydrogen-bond donors (Lipinski definition) is 1. The number of amides is 1. The summed E-state index contributed by atoms with van der Waals surface area (Å²) in [6.07, 6.45) is 7.29. The van der Waals surface area contributed by atoms with Gasteiger partial charge < -0.3 is 9.47 Å². The number of likely N-dealkylation sites (tertiary alicyclic amines) is 1. The Hall–Kier alpha value is -3.48. The lowest BCUT2D eigenvalue weighted by Gasteiger charge is -2.21. The molecule has 5 rings (SSSR count). The van der Waals surface area contributed by atoms with Gasteiger partial charge in [0.15, 0.2) is 0 Å². The molecule has 2 aromatic heterocycles. The van der Waals surface area contributed by atoms with Gasteiger partial charge in [0.1, 0.15) is 5.82 Å². The van der Waals surface area contributed by atoms with Gasteiger partial charge >= 0.3 is 0 Å². The average Bonchev–Trinajstić information content (AvgIpc) is 3.54. The fraction of sp³-hybridized carbons (Fsp3) is 0.320. The molecule has 0 saturated carbocycles. The molecule has 164 valence electrons. The molecule has 2 atom stereocenters. The normalized spacial score (nSPS) is 18.5. The second-order valence-electron chi connectivity index (χ2n) is 8.68. The molecule has 1 fully saturated rings. The van der Waals surface area contributed by atoms with Crippen LogP contribution >= 0.6 is 0 Å². The highest BCUT2D eigenvalue weighted by molar-refractivity contribution is 5.82. The van der Waals surface area contributed by atoms with Gasteiger partial charge in [0.25, 0.3) is 0 Å². The summed E-state index contributed by atoms with van der Waals surface area (Å²) in [5, 5.41) is 6.86. The van der Waals surface area contributed by atoms with Crippen LogP contribution in [0.25, 0.3) is 22.2 Å². The molecule has 1 aliphatic rings. The molecule has 1 amide bonds. The Kier molecular flexibility index (Phi) is 5.47. The predicted octanol–water partition coefficient (Wildman–Crippen LogP) is 4.44. The zero-order valence-corrected chi connectivity index (χ0v) is 18.0. The lowest BCUT2D eigenvalue weighted by Crippen LogP contribution is -2.34. The fourth-order valence-corrected chi connectivity index (χ4v) is 4.78. The minimum atomic E-state index is -0.240. The van der Waals surface area contributed by atoms with Crippen molar-refractivity contribution >= 4 is 16.9 Å². The molecule has 4 aromatic rings. The van der Waals surface area contributed by atoms with Crippen LogP contribution in [0, 0.1) is 11.7 Å². The Balaban J connectivity index is 1.23. The zero-order chi connectivity index (χ0) is 22.1. The zero-order valence-electron chi connectivity index (χ0n) is 18.0. The second kappa shape index (κ2) is 8.57. The molecule has 3 heterocycles. The second-order valence-corrected chi connectivity index (χ2v) is 8.68. The Morgan fingerprint density at radius 3 is 2.91 bits per heavy atom. The summed E-state index contributed by atoms with van der Waals surface area (Å²) in [6.45, 7) is 3.65. The first-order valence-electron chi connectivity index (χ1n) is 11.1. The van der Waals surface area contributed by atoms with Gasteiger partial charge in [-0.25, -0.2) is 9.37 Å².